The standard InChI is InChI=1S/C14H17NO3/c1-2-10(16)7-8-15-14(17)12-9-18-13-6-4-3-5-11(12)13/h3-6,9-10,16H,2,7-8H2,1H3,(H,15,17). The van der Waals surface area contributed by atoms with Gasteiger partial charge >= 0.3 is 0 Å². The summed E-state index contributed by atoms with van der Waals surface area (Å²) in [7, 11) is 0. The van der Waals surface area contributed by atoms with Crippen LogP contribution in [0.1, 0.15) is 30.1 Å². The molecule has 2 aromatic rings. The molecule has 2 N–H and O–H groups in total. The van der Waals surface area contributed by atoms with Crippen molar-refractivity contribution < 1.29 is 14.3 Å². The topological polar surface area (TPSA) is 62.5 Å². The number of nitrogens with one attached hydrogen (secondary N) is 1. The molecule has 0 saturated carbocycles. The normalized spacial score (nSPS) is 12.6. The van der Waals surface area contributed by atoms with Gasteiger partial charge in [-0.25, -0.2) is 0 Å². The predicted octanol–water partition coefficient (Wildman–Crippen LogP) is 2.32. The molecule has 0 radical (unpaired) electrons. The fraction of sp³-hybridized carbons (Fsp3) is 0.357. The third-order valence-corrected chi connectivity index (χ3v) is 2.96. The maximum Gasteiger partial charge on any atom is 0.255 e. The van der Waals surface area contributed by atoms with Gasteiger partial charge in [0.15, 0.2) is 0 Å². The number of aliphatic hydroxyl groups excluding tert-OH is 1. The zero-order valence-electron chi connectivity index (χ0n) is 10.3. The summed E-state index contributed by atoms with van der Waals surface area (Å²) in [5.41, 5.74) is 1.24. The first-order valence-electron chi connectivity index (χ1n) is 6.15. The molecule has 0 aliphatic carbocycles. The number of amides is 1. The van der Waals surface area contributed by atoms with Gasteiger partial charge in [0, 0.05) is 11.9 Å². The van der Waals surface area contributed by atoms with E-state index in [-0.39, 0.29) is 12.0 Å². The Bertz CT molecular complexity index is 533. The lowest BCUT2D eigenvalue weighted by Crippen LogP contribution is -2.26. The Morgan fingerprint density at radius 3 is 3.00 bits per heavy atom. The first kappa shape index (κ1) is 12.6. The van der Waals surface area contributed by atoms with Gasteiger partial charge in [0.25, 0.3) is 5.91 Å². The molecule has 0 fully saturated rings. The molecule has 0 aliphatic heterocycles. The maximum absolute atomic E-state index is 11.9. The van der Waals surface area contributed by atoms with Gasteiger partial charge in [-0.3, -0.25) is 4.79 Å². The van der Waals surface area contributed by atoms with E-state index in [0.717, 1.165) is 5.39 Å². The number of hydrogen-bond acceptors (Lipinski definition) is 3. The van der Waals surface area contributed by atoms with E-state index in [1.54, 1.807) is 0 Å². The van der Waals surface area contributed by atoms with Crippen molar-refractivity contribution >= 4 is 16.9 Å². The summed E-state index contributed by atoms with van der Waals surface area (Å²) in [6, 6.07) is 7.42. The fourth-order valence-electron chi connectivity index (χ4n) is 1.81. The van der Waals surface area contributed by atoms with Crippen LogP contribution in [0, 0.1) is 0 Å². The van der Waals surface area contributed by atoms with Crippen molar-refractivity contribution in [3.05, 3.63) is 36.1 Å². The van der Waals surface area contributed by atoms with Crippen molar-refractivity contribution in [1.29, 1.82) is 0 Å². The monoisotopic (exact) mass is 247 g/mol. The molecule has 1 unspecified atom stereocenters. The van der Waals surface area contributed by atoms with Crippen molar-refractivity contribution in [2.75, 3.05) is 6.54 Å². The number of para-hydroxylation sites is 1. The number of carbonyl (C=O) groups is 1. The number of fused-ring (bicyclic) bond motifs is 1. The minimum atomic E-state index is -0.355. The number of aliphatic hydroxyl groups is 1. The van der Waals surface area contributed by atoms with Crippen LogP contribution in [-0.2, 0) is 0 Å². The van der Waals surface area contributed by atoms with E-state index in [0.29, 0.717) is 30.5 Å². The Kier molecular flexibility index (Phi) is 3.99. The average Bonchev–Trinajstić information content (AvgIpc) is 2.82. The van der Waals surface area contributed by atoms with Gasteiger partial charge in [0.05, 0.1) is 11.7 Å². The molecule has 1 amide bonds. The van der Waals surface area contributed by atoms with Crippen LogP contribution in [0.2, 0.25) is 0 Å². The molecule has 4 nitrogen and oxygen atoms in total. The van der Waals surface area contributed by atoms with Gasteiger partial charge in [-0.1, -0.05) is 25.1 Å². The van der Waals surface area contributed by atoms with Crippen molar-refractivity contribution in [3.63, 3.8) is 0 Å². The summed E-state index contributed by atoms with van der Waals surface area (Å²) in [6.07, 6.45) is 2.38. The van der Waals surface area contributed by atoms with E-state index in [4.69, 9.17) is 4.42 Å². The second kappa shape index (κ2) is 5.69. The molecular weight excluding hydrogens is 230 g/mol. The first-order chi connectivity index (χ1) is 8.72. The van der Waals surface area contributed by atoms with Crippen molar-refractivity contribution in [3.8, 4) is 0 Å². The van der Waals surface area contributed by atoms with Crippen molar-refractivity contribution in [2.24, 2.45) is 0 Å². The van der Waals surface area contributed by atoms with Crippen LogP contribution in [0.5, 0.6) is 0 Å². The van der Waals surface area contributed by atoms with Gasteiger partial charge in [-0.15, -0.1) is 0 Å². The molecule has 1 heterocycles. The van der Waals surface area contributed by atoms with Gasteiger partial charge < -0.3 is 14.8 Å². The molecular formula is C14H17NO3. The lowest BCUT2D eigenvalue weighted by atomic mass is 10.1. The Labute approximate surface area is 106 Å². The van der Waals surface area contributed by atoms with E-state index in [2.05, 4.69) is 5.32 Å². The lowest BCUT2D eigenvalue weighted by molar-refractivity contribution is 0.0943. The zero-order valence-corrected chi connectivity index (χ0v) is 10.3. The Hall–Kier alpha value is -1.81. The molecule has 0 saturated heterocycles. The molecule has 0 spiro atoms. The SMILES string of the molecule is CCC(O)CCNC(=O)c1coc2ccccc12. The summed E-state index contributed by atoms with van der Waals surface area (Å²) >= 11 is 0. The maximum atomic E-state index is 11.9. The van der Waals surface area contributed by atoms with Crippen LogP contribution in [0.4, 0.5) is 0 Å². The Morgan fingerprint density at radius 2 is 2.22 bits per heavy atom. The molecule has 4 heteroatoms. The van der Waals surface area contributed by atoms with Gasteiger partial charge in [-0.2, -0.15) is 0 Å². The van der Waals surface area contributed by atoms with E-state index in [1.165, 1.54) is 6.26 Å². The highest BCUT2D eigenvalue weighted by Gasteiger charge is 2.13. The smallest absolute Gasteiger partial charge is 0.255 e. The second-order valence-corrected chi connectivity index (χ2v) is 4.25. The molecule has 1 aromatic heterocycles. The van der Waals surface area contributed by atoms with E-state index < -0.39 is 0 Å². The summed E-state index contributed by atoms with van der Waals surface area (Å²) in [5, 5.41) is 13.0. The van der Waals surface area contributed by atoms with Crippen LogP contribution in [-0.4, -0.2) is 23.7 Å². The van der Waals surface area contributed by atoms with Crippen LogP contribution < -0.4 is 5.32 Å². The number of carbonyl (C=O) groups excluding carboxylic acids is 1. The van der Waals surface area contributed by atoms with Crippen molar-refractivity contribution in [2.45, 2.75) is 25.9 Å². The first-order valence-corrected chi connectivity index (χ1v) is 6.15. The minimum absolute atomic E-state index is 0.164. The summed E-state index contributed by atoms with van der Waals surface area (Å²) in [6.45, 7) is 2.38. The number of rotatable bonds is 5. The lowest BCUT2D eigenvalue weighted by Gasteiger charge is -2.08. The van der Waals surface area contributed by atoms with Gasteiger partial charge in [0.2, 0.25) is 0 Å². The second-order valence-electron chi connectivity index (χ2n) is 4.25. The fourth-order valence-corrected chi connectivity index (χ4v) is 1.81. The molecule has 18 heavy (non-hydrogen) atoms. The van der Waals surface area contributed by atoms with E-state index in [1.807, 2.05) is 31.2 Å². The van der Waals surface area contributed by atoms with Crippen LogP contribution >= 0.6 is 0 Å². The highest BCUT2D eigenvalue weighted by Crippen LogP contribution is 2.20. The van der Waals surface area contributed by atoms with Gasteiger partial charge in [0.1, 0.15) is 11.8 Å². The largest absolute Gasteiger partial charge is 0.463 e. The third kappa shape index (κ3) is 2.71. The van der Waals surface area contributed by atoms with E-state index >= 15 is 0 Å². The highest BCUT2D eigenvalue weighted by atomic mass is 16.3. The molecule has 1 atom stereocenters. The average molecular weight is 247 g/mol. The van der Waals surface area contributed by atoms with Crippen LogP contribution in [0.25, 0.3) is 11.0 Å². The van der Waals surface area contributed by atoms with E-state index in [9.17, 15) is 9.90 Å². The van der Waals surface area contributed by atoms with Crippen LogP contribution in [0.3, 0.4) is 0 Å². The summed E-state index contributed by atoms with van der Waals surface area (Å²) in [5.74, 6) is -0.164. The van der Waals surface area contributed by atoms with Crippen molar-refractivity contribution in [1.82, 2.24) is 5.32 Å². The zero-order chi connectivity index (χ0) is 13.0. The predicted molar refractivity (Wildman–Crippen MR) is 69.5 cm³/mol. The quantitative estimate of drug-likeness (QED) is 0.852. The van der Waals surface area contributed by atoms with Gasteiger partial charge in [-0.05, 0) is 18.9 Å². The summed E-state index contributed by atoms with van der Waals surface area (Å²) < 4.78 is 5.31. The molecule has 2 rings (SSSR count). The van der Waals surface area contributed by atoms with Crippen LogP contribution in [0.15, 0.2) is 34.9 Å². The minimum Gasteiger partial charge on any atom is -0.463 e. The molecule has 0 aliphatic rings. The Balaban J connectivity index is 2.01. The molecule has 1 aromatic carbocycles. The third-order valence-electron chi connectivity index (χ3n) is 2.96. The number of furan rings is 1. The number of benzene rings is 1. The highest BCUT2D eigenvalue weighted by molar-refractivity contribution is 6.05. The molecule has 0 bridgehead atoms. The summed E-state index contributed by atoms with van der Waals surface area (Å²) in [4.78, 5) is 11.9. The Morgan fingerprint density at radius 1 is 1.44 bits per heavy atom. The number of hydrogen-bond donors (Lipinski definition) is 2. The molecule has 96 valence electrons.